The van der Waals surface area contributed by atoms with E-state index in [-0.39, 0.29) is 5.91 Å². The molecule has 1 aromatic carbocycles. The lowest BCUT2D eigenvalue weighted by Gasteiger charge is -2.09. The minimum absolute atomic E-state index is 0.183. The molecule has 3 aromatic rings. The van der Waals surface area contributed by atoms with E-state index in [1.54, 1.807) is 41.2 Å². The van der Waals surface area contributed by atoms with E-state index in [1.807, 2.05) is 19.9 Å². The van der Waals surface area contributed by atoms with Crippen LogP contribution in [-0.4, -0.2) is 33.8 Å². The summed E-state index contributed by atoms with van der Waals surface area (Å²) in [7, 11) is 0. The van der Waals surface area contributed by atoms with Crippen LogP contribution in [0.1, 0.15) is 28.2 Å². The molecule has 0 atom stereocenters. The molecular weight excluding hydrogens is 399 g/mol. The largest absolute Gasteiger partial charge is 0.492 e. The Kier molecular flexibility index (Phi) is 6.54. The first-order valence-corrected chi connectivity index (χ1v) is 9.55. The average Bonchev–Trinajstić information content (AvgIpc) is 3.01. The maximum Gasteiger partial charge on any atom is 0.252 e. The molecule has 0 unspecified atom stereocenters. The van der Waals surface area contributed by atoms with Gasteiger partial charge >= 0.3 is 0 Å². The first kappa shape index (κ1) is 20.2. The molecule has 6 nitrogen and oxygen atoms in total. The SMILES string of the molecule is Cc1cc(C)n(-c2ccc(C(=O)NCCCOc3ccc(Cl)cc3Cl)cn2)n1. The van der Waals surface area contributed by atoms with Gasteiger partial charge in [0.15, 0.2) is 5.82 Å². The van der Waals surface area contributed by atoms with Crippen molar-refractivity contribution in [3.05, 3.63) is 69.6 Å². The van der Waals surface area contributed by atoms with Crippen molar-refractivity contribution in [3.8, 4) is 11.6 Å². The molecule has 146 valence electrons. The monoisotopic (exact) mass is 418 g/mol. The molecule has 0 spiro atoms. The van der Waals surface area contributed by atoms with Crippen LogP contribution in [0.25, 0.3) is 5.82 Å². The predicted octanol–water partition coefficient (Wildman–Crippen LogP) is 4.39. The third kappa shape index (κ3) is 5.03. The summed E-state index contributed by atoms with van der Waals surface area (Å²) < 4.78 is 7.34. The Morgan fingerprint density at radius 3 is 2.64 bits per heavy atom. The molecule has 2 heterocycles. The third-order valence-electron chi connectivity index (χ3n) is 3.99. The zero-order valence-corrected chi connectivity index (χ0v) is 17.1. The van der Waals surface area contributed by atoms with Crippen LogP contribution in [0.3, 0.4) is 0 Å². The molecule has 0 aliphatic carbocycles. The predicted molar refractivity (Wildman–Crippen MR) is 110 cm³/mol. The van der Waals surface area contributed by atoms with Gasteiger partial charge in [0, 0.05) is 23.5 Å². The van der Waals surface area contributed by atoms with Gasteiger partial charge in [-0.05, 0) is 56.7 Å². The first-order valence-electron chi connectivity index (χ1n) is 8.80. The number of hydrogen-bond acceptors (Lipinski definition) is 4. The number of rotatable bonds is 7. The molecule has 0 fully saturated rings. The second-order valence-corrected chi connectivity index (χ2v) is 7.12. The molecule has 2 aromatic heterocycles. The quantitative estimate of drug-likeness (QED) is 0.577. The minimum atomic E-state index is -0.183. The standard InChI is InChI=1S/C20H20Cl2N4O2/c1-13-10-14(2)26(25-13)19-7-4-15(12-24-19)20(27)23-8-3-9-28-18-6-5-16(21)11-17(18)22/h4-7,10-12H,3,8-9H2,1-2H3,(H,23,27). The molecule has 0 bridgehead atoms. The van der Waals surface area contributed by atoms with Gasteiger partial charge in [-0.15, -0.1) is 0 Å². The number of pyridine rings is 1. The third-order valence-corrected chi connectivity index (χ3v) is 4.53. The lowest BCUT2D eigenvalue weighted by molar-refractivity contribution is 0.0951. The second-order valence-electron chi connectivity index (χ2n) is 6.28. The highest BCUT2D eigenvalue weighted by Crippen LogP contribution is 2.27. The number of aryl methyl sites for hydroxylation is 2. The van der Waals surface area contributed by atoms with Crippen LogP contribution in [0.2, 0.25) is 10.0 Å². The van der Waals surface area contributed by atoms with Crippen LogP contribution in [0.5, 0.6) is 5.75 Å². The van der Waals surface area contributed by atoms with Crippen LogP contribution < -0.4 is 10.1 Å². The van der Waals surface area contributed by atoms with Crippen molar-refractivity contribution in [2.75, 3.05) is 13.2 Å². The maximum absolute atomic E-state index is 12.2. The van der Waals surface area contributed by atoms with Crippen molar-refractivity contribution in [2.45, 2.75) is 20.3 Å². The zero-order valence-electron chi connectivity index (χ0n) is 15.6. The van der Waals surface area contributed by atoms with Crippen molar-refractivity contribution in [2.24, 2.45) is 0 Å². The topological polar surface area (TPSA) is 69.0 Å². The smallest absolute Gasteiger partial charge is 0.252 e. The van der Waals surface area contributed by atoms with E-state index in [2.05, 4.69) is 15.4 Å². The number of carbonyl (C=O) groups is 1. The van der Waals surface area contributed by atoms with Gasteiger partial charge in [0.1, 0.15) is 5.75 Å². The lowest BCUT2D eigenvalue weighted by atomic mass is 10.2. The van der Waals surface area contributed by atoms with Gasteiger partial charge in [-0.25, -0.2) is 9.67 Å². The number of ether oxygens (including phenoxy) is 1. The number of carbonyl (C=O) groups excluding carboxylic acids is 1. The highest BCUT2D eigenvalue weighted by Gasteiger charge is 2.09. The van der Waals surface area contributed by atoms with Crippen LogP contribution in [0.4, 0.5) is 0 Å². The highest BCUT2D eigenvalue weighted by atomic mass is 35.5. The van der Waals surface area contributed by atoms with Crippen LogP contribution in [0, 0.1) is 13.8 Å². The summed E-state index contributed by atoms with van der Waals surface area (Å²) in [6.07, 6.45) is 2.19. The number of nitrogens with one attached hydrogen (secondary N) is 1. The summed E-state index contributed by atoms with van der Waals surface area (Å²) in [5.41, 5.74) is 2.40. The maximum atomic E-state index is 12.2. The van der Waals surface area contributed by atoms with Gasteiger partial charge in [-0.1, -0.05) is 23.2 Å². The summed E-state index contributed by atoms with van der Waals surface area (Å²) in [4.78, 5) is 16.6. The van der Waals surface area contributed by atoms with Gasteiger partial charge in [-0.2, -0.15) is 5.10 Å². The molecular formula is C20H20Cl2N4O2. The molecule has 0 radical (unpaired) electrons. The van der Waals surface area contributed by atoms with Gasteiger partial charge in [0.25, 0.3) is 5.91 Å². The van der Waals surface area contributed by atoms with E-state index in [4.69, 9.17) is 27.9 Å². The molecule has 8 heteroatoms. The molecule has 1 N–H and O–H groups in total. The van der Waals surface area contributed by atoms with E-state index in [0.29, 0.717) is 46.7 Å². The summed E-state index contributed by atoms with van der Waals surface area (Å²) in [5.74, 6) is 1.06. The van der Waals surface area contributed by atoms with Crippen molar-refractivity contribution in [1.82, 2.24) is 20.1 Å². The molecule has 0 saturated heterocycles. The molecule has 0 saturated carbocycles. The molecule has 0 aliphatic heterocycles. The number of nitrogens with zero attached hydrogens (tertiary/aromatic N) is 3. The number of hydrogen-bond donors (Lipinski definition) is 1. The van der Waals surface area contributed by atoms with E-state index >= 15 is 0 Å². The van der Waals surface area contributed by atoms with Crippen molar-refractivity contribution >= 4 is 29.1 Å². The summed E-state index contributed by atoms with van der Waals surface area (Å²) in [6.45, 7) is 4.79. The normalized spacial score (nSPS) is 10.7. The van der Waals surface area contributed by atoms with E-state index in [0.717, 1.165) is 11.4 Å². The fourth-order valence-electron chi connectivity index (χ4n) is 2.66. The highest BCUT2D eigenvalue weighted by molar-refractivity contribution is 6.35. The average molecular weight is 419 g/mol. The van der Waals surface area contributed by atoms with E-state index in [9.17, 15) is 4.79 Å². The Hall–Kier alpha value is -2.57. The Bertz CT molecular complexity index is 971. The summed E-state index contributed by atoms with van der Waals surface area (Å²) in [5, 5.41) is 8.25. The van der Waals surface area contributed by atoms with Crippen molar-refractivity contribution in [3.63, 3.8) is 0 Å². The minimum Gasteiger partial charge on any atom is -0.492 e. The summed E-state index contributed by atoms with van der Waals surface area (Å²) >= 11 is 11.9. The molecule has 1 amide bonds. The molecule has 3 rings (SSSR count). The van der Waals surface area contributed by atoms with E-state index in [1.165, 1.54) is 0 Å². The number of amides is 1. The van der Waals surface area contributed by atoms with Gasteiger partial charge in [-0.3, -0.25) is 4.79 Å². The second kappa shape index (κ2) is 9.08. The Balaban J connectivity index is 1.46. The Morgan fingerprint density at radius 1 is 1.18 bits per heavy atom. The van der Waals surface area contributed by atoms with Crippen molar-refractivity contribution in [1.29, 1.82) is 0 Å². The van der Waals surface area contributed by atoms with Gasteiger partial charge in [0.2, 0.25) is 0 Å². The van der Waals surface area contributed by atoms with Crippen LogP contribution in [0.15, 0.2) is 42.6 Å². The molecule has 0 aliphatic rings. The fraction of sp³-hybridized carbons (Fsp3) is 0.250. The first-order chi connectivity index (χ1) is 13.4. The van der Waals surface area contributed by atoms with E-state index < -0.39 is 0 Å². The summed E-state index contributed by atoms with van der Waals surface area (Å²) in [6, 6.07) is 10.6. The van der Waals surface area contributed by atoms with Gasteiger partial charge < -0.3 is 10.1 Å². The zero-order chi connectivity index (χ0) is 20.1. The number of benzene rings is 1. The molecule has 28 heavy (non-hydrogen) atoms. The Morgan fingerprint density at radius 2 is 2.00 bits per heavy atom. The fourth-order valence-corrected chi connectivity index (χ4v) is 3.12. The number of halogens is 2. The van der Waals surface area contributed by atoms with Crippen LogP contribution in [-0.2, 0) is 0 Å². The Labute approximate surface area is 173 Å². The van der Waals surface area contributed by atoms with Crippen LogP contribution >= 0.6 is 23.2 Å². The lowest BCUT2D eigenvalue weighted by Crippen LogP contribution is -2.25. The van der Waals surface area contributed by atoms with Gasteiger partial charge in [0.05, 0.1) is 22.9 Å². The van der Waals surface area contributed by atoms with Crippen molar-refractivity contribution < 1.29 is 9.53 Å². The number of aromatic nitrogens is 3.